The maximum absolute atomic E-state index is 12.8. The van der Waals surface area contributed by atoms with Gasteiger partial charge < -0.3 is 20.1 Å². The monoisotopic (exact) mass is 486 g/mol. The second kappa shape index (κ2) is 11.0. The van der Waals surface area contributed by atoms with Gasteiger partial charge in [-0.1, -0.05) is 17.7 Å². The van der Waals surface area contributed by atoms with E-state index < -0.39 is 57.9 Å². The molecule has 0 spiro atoms. The van der Waals surface area contributed by atoms with E-state index in [9.17, 15) is 22.8 Å². The van der Waals surface area contributed by atoms with Crippen LogP contribution >= 0.6 is 0 Å². The van der Waals surface area contributed by atoms with Crippen LogP contribution in [0.3, 0.4) is 0 Å². The van der Waals surface area contributed by atoms with Crippen molar-refractivity contribution in [1.29, 1.82) is 0 Å². The van der Waals surface area contributed by atoms with Crippen LogP contribution in [0.5, 0.6) is 0 Å². The molecule has 0 unspecified atom stereocenters. The Morgan fingerprint density at radius 3 is 1.91 bits per heavy atom. The summed E-state index contributed by atoms with van der Waals surface area (Å²) in [6.07, 6.45) is -3.08. The van der Waals surface area contributed by atoms with E-state index in [0.717, 1.165) is 5.56 Å². The van der Waals surface area contributed by atoms with Gasteiger partial charge in [0.2, 0.25) is 0 Å². The molecule has 0 aromatic heterocycles. The largest absolute Gasteiger partial charge is 0.458 e. The van der Waals surface area contributed by atoms with Crippen LogP contribution in [0, 0.1) is 6.92 Å². The molecule has 10 nitrogen and oxygen atoms in total. The van der Waals surface area contributed by atoms with Crippen LogP contribution < -0.4 is 10.6 Å². The third-order valence-corrected chi connectivity index (χ3v) is 5.26. The number of carbonyl (C=O) groups is 3. The number of benzene rings is 1. The van der Waals surface area contributed by atoms with Gasteiger partial charge in [0.1, 0.15) is 17.2 Å². The van der Waals surface area contributed by atoms with Crippen LogP contribution in [0.25, 0.3) is 0 Å². The summed E-state index contributed by atoms with van der Waals surface area (Å²) in [4.78, 5) is 37.3. The van der Waals surface area contributed by atoms with Crippen molar-refractivity contribution in [2.45, 2.75) is 83.1 Å². The molecule has 2 N–H and O–H groups in total. The van der Waals surface area contributed by atoms with E-state index in [2.05, 4.69) is 10.6 Å². The minimum Gasteiger partial charge on any atom is -0.458 e. The number of nitrogens with one attached hydrogen (secondary N) is 2. The van der Waals surface area contributed by atoms with Gasteiger partial charge in [0.05, 0.1) is 4.90 Å². The Morgan fingerprint density at radius 1 is 0.939 bits per heavy atom. The van der Waals surface area contributed by atoms with Crippen molar-refractivity contribution in [3.8, 4) is 0 Å². The fraction of sp³-hybridized carbons (Fsp3) is 0.591. The Bertz CT molecular complexity index is 944. The third kappa shape index (κ3) is 10.2. The van der Waals surface area contributed by atoms with Gasteiger partial charge in [0.25, 0.3) is 16.0 Å². The molecule has 0 bridgehead atoms. The highest BCUT2D eigenvalue weighted by atomic mass is 32.2. The fourth-order valence-electron chi connectivity index (χ4n) is 2.52. The van der Waals surface area contributed by atoms with Gasteiger partial charge in [-0.25, -0.2) is 9.59 Å². The molecule has 0 saturated carbocycles. The fourth-order valence-corrected chi connectivity index (χ4v) is 3.57. The standard InChI is InChI=1S/C22H34N2O8S/c1-14-9-11-15(12-10-14)33(28,29)32-17(18(25)23-8)13-16(19(26)30-21(2,3)4)24-20(27)31-22(5,6)7/h9-12,16-17H,13H2,1-8H3,(H,23,25)(H,24,27)/t16-,17-/m1/s1. The average molecular weight is 487 g/mol. The molecule has 0 aliphatic rings. The van der Waals surface area contributed by atoms with Gasteiger partial charge in [-0.2, -0.15) is 8.42 Å². The van der Waals surface area contributed by atoms with Crippen molar-refractivity contribution < 1.29 is 36.5 Å². The van der Waals surface area contributed by atoms with Gasteiger partial charge in [-0.15, -0.1) is 0 Å². The molecule has 2 atom stereocenters. The second-order valence-corrected chi connectivity index (χ2v) is 11.0. The number of hydrogen-bond acceptors (Lipinski definition) is 8. The Hall–Kier alpha value is -2.66. The summed E-state index contributed by atoms with van der Waals surface area (Å²) in [5, 5.41) is 4.66. The van der Waals surface area contributed by atoms with Gasteiger partial charge >= 0.3 is 12.1 Å². The van der Waals surface area contributed by atoms with E-state index in [4.69, 9.17) is 13.7 Å². The third-order valence-electron chi connectivity index (χ3n) is 3.92. The number of rotatable bonds is 8. The maximum Gasteiger partial charge on any atom is 0.408 e. The smallest absolute Gasteiger partial charge is 0.408 e. The Kier molecular flexibility index (Phi) is 9.43. The first-order valence-corrected chi connectivity index (χ1v) is 11.8. The van der Waals surface area contributed by atoms with E-state index in [1.54, 1.807) is 60.6 Å². The van der Waals surface area contributed by atoms with Gasteiger partial charge in [0, 0.05) is 13.5 Å². The van der Waals surface area contributed by atoms with Gasteiger partial charge in [-0.05, 0) is 60.6 Å². The first-order chi connectivity index (χ1) is 14.9. The van der Waals surface area contributed by atoms with E-state index in [0.29, 0.717) is 0 Å². The molecule has 1 aromatic carbocycles. The summed E-state index contributed by atoms with van der Waals surface area (Å²) in [5.74, 6) is -1.68. The van der Waals surface area contributed by atoms with Crippen molar-refractivity contribution in [2.24, 2.45) is 0 Å². The zero-order chi connectivity index (χ0) is 25.6. The molecule has 11 heteroatoms. The highest BCUT2D eigenvalue weighted by molar-refractivity contribution is 7.86. The molecule has 1 aromatic rings. The first-order valence-electron chi connectivity index (χ1n) is 10.4. The molecule has 2 amide bonds. The van der Waals surface area contributed by atoms with Crippen molar-refractivity contribution >= 4 is 28.1 Å². The Morgan fingerprint density at radius 2 is 1.45 bits per heavy atom. The summed E-state index contributed by atoms with van der Waals surface area (Å²) >= 11 is 0. The molecule has 0 heterocycles. The molecule has 0 aliphatic heterocycles. The highest BCUT2D eigenvalue weighted by Crippen LogP contribution is 2.19. The number of alkyl carbamates (subject to hydrolysis) is 1. The van der Waals surface area contributed by atoms with E-state index in [1.165, 1.54) is 19.2 Å². The lowest BCUT2D eigenvalue weighted by molar-refractivity contribution is -0.158. The first kappa shape index (κ1) is 28.4. The lowest BCUT2D eigenvalue weighted by Crippen LogP contribution is -2.50. The molecule has 0 fully saturated rings. The average Bonchev–Trinajstić information content (AvgIpc) is 2.63. The number of aryl methyl sites for hydroxylation is 1. The predicted octanol–water partition coefficient (Wildman–Crippen LogP) is 2.44. The number of likely N-dealkylation sites (N-methyl/N-ethyl adjacent to an activating group) is 1. The molecule has 0 saturated heterocycles. The van der Waals surface area contributed by atoms with Gasteiger partial charge in [0.15, 0.2) is 6.10 Å². The zero-order valence-corrected chi connectivity index (χ0v) is 21.2. The minimum atomic E-state index is -4.35. The topological polar surface area (TPSA) is 137 Å². The normalized spacial score (nSPS) is 14.1. The lowest BCUT2D eigenvalue weighted by Gasteiger charge is -2.27. The number of hydrogen-bond donors (Lipinski definition) is 2. The predicted molar refractivity (Wildman–Crippen MR) is 121 cm³/mol. The highest BCUT2D eigenvalue weighted by Gasteiger charge is 2.36. The van der Waals surface area contributed by atoms with Crippen LogP contribution in [0.4, 0.5) is 4.79 Å². The van der Waals surface area contributed by atoms with Crippen molar-refractivity contribution in [2.75, 3.05) is 7.05 Å². The summed E-state index contributed by atoms with van der Waals surface area (Å²) in [6.45, 7) is 11.6. The molecule has 33 heavy (non-hydrogen) atoms. The van der Waals surface area contributed by atoms with E-state index in [1.807, 2.05) is 0 Å². The summed E-state index contributed by atoms with van der Waals surface area (Å²) in [7, 11) is -3.06. The number of esters is 1. The summed E-state index contributed by atoms with van der Waals surface area (Å²) in [5.41, 5.74) is -0.917. The van der Waals surface area contributed by atoms with Crippen LogP contribution in [0.1, 0.15) is 53.5 Å². The maximum atomic E-state index is 12.8. The van der Waals surface area contributed by atoms with Crippen molar-refractivity contribution in [3.05, 3.63) is 29.8 Å². The molecular formula is C22H34N2O8S. The Balaban J connectivity index is 3.21. The second-order valence-electron chi connectivity index (χ2n) is 9.43. The SMILES string of the molecule is CNC(=O)[C@@H](C[C@@H](NC(=O)OC(C)(C)C)C(=O)OC(C)(C)C)OS(=O)(=O)c1ccc(C)cc1. The number of carbonyl (C=O) groups excluding carboxylic acids is 3. The van der Waals surface area contributed by atoms with Crippen LogP contribution in [-0.2, 0) is 33.4 Å². The van der Waals surface area contributed by atoms with E-state index in [-0.39, 0.29) is 4.90 Å². The molecule has 0 aliphatic carbocycles. The molecule has 186 valence electrons. The van der Waals surface area contributed by atoms with Crippen LogP contribution in [0.15, 0.2) is 29.2 Å². The van der Waals surface area contributed by atoms with E-state index >= 15 is 0 Å². The molecule has 1 rings (SSSR count). The van der Waals surface area contributed by atoms with Crippen molar-refractivity contribution in [1.82, 2.24) is 10.6 Å². The summed E-state index contributed by atoms with van der Waals surface area (Å²) < 4.78 is 41.1. The summed E-state index contributed by atoms with van der Waals surface area (Å²) in [6, 6.07) is 4.43. The van der Waals surface area contributed by atoms with Gasteiger partial charge in [-0.3, -0.25) is 8.98 Å². The number of ether oxygens (including phenoxy) is 2. The molecular weight excluding hydrogens is 452 g/mol. The molecule has 0 radical (unpaired) electrons. The zero-order valence-electron chi connectivity index (χ0n) is 20.3. The lowest BCUT2D eigenvalue weighted by atomic mass is 10.1. The number of amides is 2. The Labute approximate surface area is 195 Å². The van der Waals surface area contributed by atoms with Crippen molar-refractivity contribution in [3.63, 3.8) is 0 Å². The van der Waals surface area contributed by atoms with Crippen LogP contribution in [0.2, 0.25) is 0 Å². The van der Waals surface area contributed by atoms with Crippen LogP contribution in [-0.4, -0.2) is 56.8 Å². The minimum absolute atomic E-state index is 0.157. The quantitative estimate of drug-likeness (QED) is 0.422.